The zero-order valence-corrected chi connectivity index (χ0v) is 23.3. The fourth-order valence-electron chi connectivity index (χ4n) is 5.56. The molecule has 0 N–H and O–H groups in total. The minimum absolute atomic E-state index is 0.0116. The van der Waals surface area contributed by atoms with Crippen molar-refractivity contribution in [1.82, 2.24) is 4.98 Å². The Bertz CT molecular complexity index is 1650. The van der Waals surface area contributed by atoms with Crippen molar-refractivity contribution in [2.45, 2.75) is 33.2 Å². The van der Waals surface area contributed by atoms with E-state index in [0.717, 1.165) is 58.8 Å². The zero-order valence-electron chi connectivity index (χ0n) is 23.3. The van der Waals surface area contributed by atoms with Crippen LogP contribution in [0.2, 0.25) is 0 Å². The number of hydrazone groups is 1. The Hall–Kier alpha value is -4.64. The third kappa shape index (κ3) is 5.03. The Morgan fingerprint density at radius 2 is 1.68 bits per heavy atom. The second-order valence-electron chi connectivity index (χ2n) is 10.1. The Morgan fingerprint density at radius 3 is 2.40 bits per heavy atom. The van der Waals surface area contributed by atoms with Gasteiger partial charge in [-0.2, -0.15) is 5.10 Å². The summed E-state index contributed by atoms with van der Waals surface area (Å²) in [7, 11) is 0. The number of fused-ring (bicyclic) bond motifs is 1. The molecule has 1 atom stereocenters. The van der Waals surface area contributed by atoms with Crippen LogP contribution in [0.3, 0.4) is 0 Å². The van der Waals surface area contributed by atoms with Gasteiger partial charge < -0.3 is 9.32 Å². The molecule has 200 valence electrons. The summed E-state index contributed by atoms with van der Waals surface area (Å²) in [6.45, 7) is 8.50. The van der Waals surface area contributed by atoms with Gasteiger partial charge in [0, 0.05) is 36.2 Å². The molecule has 2 aromatic heterocycles. The highest BCUT2D eigenvalue weighted by atomic mass is 16.3. The second-order valence-corrected chi connectivity index (χ2v) is 10.1. The molecule has 6 rings (SSSR count). The number of aromatic nitrogens is 1. The predicted octanol–water partition coefficient (Wildman–Crippen LogP) is 8.53. The summed E-state index contributed by atoms with van der Waals surface area (Å²) in [5, 5.41) is 8.55. The number of para-hydroxylation sites is 1. The van der Waals surface area contributed by atoms with Crippen molar-refractivity contribution >= 4 is 39.8 Å². The zero-order chi connectivity index (χ0) is 27.5. The minimum atomic E-state index is 0.0116. The van der Waals surface area contributed by atoms with Crippen LogP contribution in [0.25, 0.3) is 22.6 Å². The average Bonchev–Trinajstić information content (AvgIpc) is 3.68. The van der Waals surface area contributed by atoms with Gasteiger partial charge in [0.05, 0.1) is 23.5 Å². The van der Waals surface area contributed by atoms with Crippen LogP contribution in [0, 0.1) is 6.92 Å². The average molecular weight is 527 g/mol. The van der Waals surface area contributed by atoms with Crippen molar-refractivity contribution in [3.63, 3.8) is 0 Å². The number of furan rings is 1. The molecule has 1 aliphatic heterocycles. The van der Waals surface area contributed by atoms with E-state index >= 15 is 0 Å². The van der Waals surface area contributed by atoms with Crippen molar-refractivity contribution in [2.75, 3.05) is 23.0 Å². The first-order valence-electron chi connectivity index (χ1n) is 14.0. The molecule has 0 spiro atoms. The van der Waals surface area contributed by atoms with Crippen LogP contribution < -0.4 is 9.91 Å². The summed E-state index contributed by atoms with van der Waals surface area (Å²) in [6.07, 6.45) is 4.55. The van der Waals surface area contributed by atoms with Crippen LogP contribution in [0.15, 0.2) is 113 Å². The lowest BCUT2D eigenvalue weighted by Crippen LogP contribution is -2.22. The summed E-state index contributed by atoms with van der Waals surface area (Å²) < 4.78 is 5.73. The van der Waals surface area contributed by atoms with Crippen LogP contribution in [0.5, 0.6) is 0 Å². The van der Waals surface area contributed by atoms with Crippen molar-refractivity contribution in [3.8, 4) is 0 Å². The van der Waals surface area contributed by atoms with E-state index in [1.807, 2.05) is 24.3 Å². The van der Waals surface area contributed by atoms with Gasteiger partial charge in [0.2, 0.25) is 0 Å². The number of pyridine rings is 1. The van der Waals surface area contributed by atoms with Gasteiger partial charge in [0.1, 0.15) is 11.6 Å². The molecule has 3 aromatic carbocycles. The smallest absolute Gasteiger partial charge is 0.150 e. The van der Waals surface area contributed by atoms with E-state index in [4.69, 9.17) is 14.5 Å². The van der Waals surface area contributed by atoms with E-state index in [2.05, 4.69) is 110 Å². The second kappa shape index (κ2) is 11.2. The molecular weight excluding hydrogens is 492 g/mol. The molecule has 1 unspecified atom stereocenters. The summed E-state index contributed by atoms with van der Waals surface area (Å²) in [5.41, 5.74) is 7.79. The van der Waals surface area contributed by atoms with Crippen LogP contribution in [-0.2, 0) is 0 Å². The largest absolute Gasteiger partial charge is 0.465 e. The van der Waals surface area contributed by atoms with Gasteiger partial charge in [-0.15, -0.1) is 0 Å². The summed E-state index contributed by atoms with van der Waals surface area (Å²) in [5.74, 6) is 1.66. The Labute approximate surface area is 236 Å². The Kier molecular flexibility index (Phi) is 7.19. The molecule has 0 saturated carbocycles. The third-order valence-corrected chi connectivity index (χ3v) is 7.69. The van der Waals surface area contributed by atoms with Gasteiger partial charge >= 0.3 is 0 Å². The SMILES string of the molecule is CCN(CC)c1ccc(C2CC(C(=Cc3ccco3)c3ccccc3)=NN2c2cc(C)c3ccccc3n2)cc1. The highest BCUT2D eigenvalue weighted by Gasteiger charge is 2.32. The van der Waals surface area contributed by atoms with Gasteiger partial charge in [-0.25, -0.2) is 9.99 Å². The summed E-state index contributed by atoms with van der Waals surface area (Å²) in [6, 6.07) is 33.8. The first-order valence-corrected chi connectivity index (χ1v) is 14.0. The van der Waals surface area contributed by atoms with Crippen LogP contribution >= 0.6 is 0 Å². The van der Waals surface area contributed by atoms with Gasteiger partial charge in [0.25, 0.3) is 0 Å². The predicted molar refractivity (Wildman–Crippen MR) is 167 cm³/mol. The van der Waals surface area contributed by atoms with Gasteiger partial charge in [-0.05, 0) is 79.9 Å². The normalized spacial score (nSPS) is 15.5. The molecule has 0 radical (unpaired) electrons. The molecule has 5 heteroatoms. The lowest BCUT2D eigenvalue weighted by Gasteiger charge is -2.25. The molecule has 1 aliphatic rings. The molecular formula is C35H34N4O. The van der Waals surface area contributed by atoms with E-state index in [9.17, 15) is 0 Å². The van der Waals surface area contributed by atoms with E-state index in [-0.39, 0.29) is 6.04 Å². The number of rotatable bonds is 8. The number of hydrogen-bond acceptors (Lipinski definition) is 5. The van der Waals surface area contributed by atoms with Crippen LogP contribution in [0.4, 0.5) is 11.5 Å². The molecule has 5 nitrogen and oxygen atoms in total. The molecule has 0 saturated heterocycles. The first-order chi connectivity index (χ1) is 19.6. The first kappa shape index (κ1) is 25.6. The van der Waals surface area contributed by atoms with Gasteiger partial charge in [-0.3, -0.25) is 0 Å². The highest BCUT2D eigenvalue weighted by molar-refractivity contribution is 6.29. The topological polar surface area (TPSA) is 44.9 Å². The molecule has 40 heavy (non-hydrogen) atoms. The van der Waals surface area contributed by atoms with Crippen molar-refractivity contribution in [1.29, 1.82) is 0 Å². The number of aryl methyl sites for hydroxylation is 1. The fourth-order valence-corrected chi connectivity index (χ4v) is 5.56. The molecule has 0 fully saturated rings. The fraction of sp³-hybridized carbons (Fsp3) is 0.200. The summed E-state index contributed by atoms with van der Waals surface area (Å²) >= 11 is 0. The molecule has 0 aliphatic carbocycles. The van der Waals surface area contributed by atoms with Gasteiger partial charge in [0.15, 0.2) is 0 Å². The van der Waals surface area contributed by atoms with E-state index in [1.165, 1.54) is 16.8 Å². The molecule has 0 amide bonds. The van der Waals surface area contributed by atoms with Crippen molar-refractivity contribution < 1.29 is 4.42 Å². The molecule has 5 aromatic rings. The van der Waals surface area contributed by atoms with Crippen molar-refractivity contribution in [3.05, 3.63) is 126 Å². The van der Waals surface area contributed by atoms with E-state index in [1.54, 1.807) is 6.26 Å². The quantitative estimate of drug-likeness (QED) is 0.203. The monoisotopic (exact) mass is 526 g/mol. The number of nitrogens with zero attached hydrogens (tertiary/aromatic N) is 4. The lowest BCUT2D eigenvalue weighted by molar-refractivity contribution is 0.557. The van der Waals surface area contributed by atoms with E-state index in [0.29, 0.717) is 0 Å². The maximum Gasteiger partial charge on any atom is 0.150 e. The van der Waals surface area contributed by atoms with Gasteiger partial charge in [-0.1, -0.05) is 60.7 Å². The van der Waals surface area contributed by atoms with E-state index < -0.39 is 0 Å². The highest BCUT2D eigenvalue weighted by Crippen LogP contribution is 2.39. The number of benzene rings is 3. The number of anilines is 2. The maximum atomic E-state index is 5.73. The third-order valence-electron chi connectivity index (χ3n) is 7.69. The Morgan fingerprint density at radius 1 is 0.925 bits per heavy atom. The molecule has 0 bridgehead atoms. The molecule has 3 heterocycles. The number of hydrogen-bond donors (Lipinski definition) is 0. The van der Waals surface area contributed by atoms with Crippen molar-refractivity contribution in [2.24, 2.45) is 5.10 Å². The minimum Gasteiger partial charge on any atom is -0.465 e. The van der Waals surface area contributed by atoms with Crippen LogP contribution in [-0.4, -0.2) is 23.8 Å². The lowest BCUT2D eigenvalue weighted by atomic mass is 9.93. The number of allylic oxidation sites excluding steroid dienone is 1. The van der Waals surface area contributed by atoms with Crippen LogP contribution in [0.1, 0.15) is 48.8 Å². The Balaban J connectivity index is 1.47. The summed E-state index contributed by atoms with van der Waals surface area (Å²) in [4.78, 5) is 7.45. The maximum absolute atomic E-state index is 5.73. The standard InChI is InChI=1S/C35H34N4O/c1-4-38(5-2)28-19-17-27(18-20-28)34-24-33(31(23-29-14-11-21-40-29)26-12-7-6-8-13-26)37-39(34)35-22-25(3)30-15-9-10-16-32(30)36-35/h6-23,34H,4-5,24H2,1-3H3.